The van der Waals surface area contributed by atoms with Crippen LogP contribution in [-0.4, -0.2) is 52.2 Å². The van der Waals surface area contributed by atoms with Crippen LogP contribution >= 0.6 is 0 Å². The predicted octanol–water partition coefficient (Wildman–Crippen LogP) is 1.39. The number of fused-ring (bicyclic) bond motifs is 1. The van der Waals surface area contributed by atoms with E-state index in [1.54, 1.807) is 24.3 Å². The molecule has 0 saturated carbocycles. The molecule has 0 spiro atoms. The van der Waals surface area contributed by atoms with E-state index in [1.807, 2.05) is 48.5 Å². The first kappa shape index (κ1) is 24.9. The summed E-state index contributed by atoms with van der Waals surface area (Å²) in [4.78, 5) is 37.2. The highest BCUT2D eigenvalue weighted by atomic mass is 16.4. The minimum atomic E-state index is -1.51. The van der Waals surface area contributed by atoms with Gasteiger partial charge in [0.25, 0.3) is 0 Å². The molecule has 6 N–H and O–H groups in total. The molecule has 0 aromatic heterocycles. The maximum atomic E-state index is 12.9. The number of hydrogen-bond acceptors (Lipinski definition) is 5. The Morgan fingerprint density at radius 3 is 2.12 bits per heavy atom. The first-order valence-electron chi connectivity index (χ1n) is 11.0. The number of carboxylic acids is 1. The third kappa shape index (κ3) is 6.63. The van der Waals surface area contributed by atoms with Crippen molar-refractivity contribution in [2.75, 3.05) is 0 Å². The highest BCUT2D eigenvalue weighted by Crippen LogP contribution is 2.16. The number of hydrogen-bond donors (Lipinski definition) is 5. The van der Waals surface area contributed by atoms with E-state index in [1.165, 1.54) is 6.92 Å². The van der Waals surface area contributed by atoms with Crippen molar-refractivity contribution in [3.8, 4) is 0 Å². The summed E-state index contributed by atoms with van der Waals surface area (Å²) in [6, 6.07) is 19.2. The van der Waals surface area contributed by atoms with Crippen LogP contribution in [-0.2, 0) is 27.2 Å². The standard InChI is InChI=1S/C26H29N3O5/c1-16(30)23(26(33)34)29-25(32)22(15-17-7-3-2-4-8-17)28-24(31)21(27)14-18-11-12-19-9-5-6-10-20(19)13-18/h2-13,16,21-23,30H,14-15,27H2,1H3,(H,28,31)(H,29,32)(H,33,34)/t16-,21+,22+,23+/m0/s1. The molecule has 3 aromatic carbocycles. The van der Waals surface area contributed by atoms with Crippen LogP contribution in [0.25, 0.3) is 10.8 Å². The van der Waals surface area contributed by atoms with Gasteiger partial charge in [0.15, 0.2) is 6.04 Å². The second-order valence-electron chi connectivity index (χ2n) is 8.31. The van der Waals surface area contributed by atoms with E-state index in [0.29, 0.717) is 0 Å². The van der Waals surface area contributed by atoms with Gasteiger partial charge in [-0.15, -0.1) is 0 Å². The maximum absolute atomic E-state index is 12.9. The summed E-state index contributed by atoms with van der Waals surface area (Å²) in [5, 5.41) is 26.1. The molecule has 34 heavy (non-hydrogen) atoms. The molecular weight excluding hydrogens is 434 g/mol. The second-order valence-corrected chi connectivity index (χ2v) is 8.31. The van der Waals surface area contributed by atoms with Gasteiger partial charge < -0.3 is 26.6 Å². The van der Waals surface area contributed by atoms with Gasteiger partial charge in [-0.3, -0.25) is 9.59 Å². The number of nitrogens with two attached hydrogens (primary N) is 1. The molecule has 0 aliphatic rings. The number of carboxylic acid groups (broad SMARTS) is 1. The topological polar surface area (TPSA) is 142 Å². The predicted molar refractivity (Wildman–Crippen MR) is 129 cm³/mol. The molecular formula is C26H29N3O5. The Balaban J connectivity index is 1.73. The van der Waals surface area contributed by atoms with Crippen molar-refractivity contribution in [1.82, 2.24) is 10.6 Å². The number of aliphatic carboxylic acids is 1. The monoisotopic (exact) mass is 463 g/mol. The van der Waals surface area contributed by atoms with Gasteiger partial charge in [-0.1, -0.05) is 72.8 Å². The summed E-state index contributed by atoms with van der Waals surface area (Å²) in [6.45, 7) is 1.27. The van der Waals surface area contributed by atoms with Crippen LogP contribution in [0.1, 0.15) is 18.1 Å². The normalized spacial score (nSPS) is 14.6. The van der Waals surface area contributed by atoms with E-state index in [0.717, 1.165) is 21.9 Å². The fourth-order valence-corrected chi connectivity index (χ4v) is 3.69. The minimum Gasteiger partial charge on any atom is -0.480 e. The fraction of sp³-hybridized carbons (Fsp3) is 0.269. The maximum Gasteiger partial charge on any atom is 0.328 e. The molecule has 3 rings (SSSR count). The summed E-state index contributed by atoms with van der Waals surface area (Å²) in [6.07, 6.45) is -0.917. The summed E-state index contributed by atoms with van der Waals surface area (Å²) >= 11 is 0. The van der Waals surface area contributed by atoms with Crippen LogP contribution in [0.5, 0.6) is 0 Å². The van der Waals surface area contributed by atoms with Crippen molar-refractivity contribution in [3.63, 3.8) is 0 Å². The third-order valence-corrected chi connectivity index (χ3v) is 5.57. The molecule has 178 valence electrons. The highest BCUT2D eigenvalue weighted by molar-refractivity contribution is 5.92. The zero-order chi connectivity index (χ0) is 24.7. The number of amides is 2. The fourth-order valence-electron chi connectivity index (χ4n) is 3.69. The van der Waals surface area contributed by atoms with Crippen LogP contribution in [0.4, 0.5) is 0 Å². The summed E-state index contributed by atoms with van der Waals surface area (Å²) in [5.41, 5.74) is 7.81. The molecule has 0 saturated heterocycles. The molecule has 8 heteroatoms. The quantitative estimate of drug-likeness (QED) is 0.308. The van der Waals surface area contributed by atoms with E-state index in [4.69, 9.17) is 5.73 Å². The van der Waals surface area contributed by atoms with Crippen molar-refractivity contribution in [3.05, 3.63) is 83.9 Å². The van der Waals surface area contributed by atoms with Gasteiger partial charge in [-0.05, 0) is 35.2 Å². The number of nitrogens with one attached hydrogen (secondary N) is 2. The summed E-state index contributed by atoms with van der Waals surface area (Å²) in [7, 11) is 0. The SMILES string of the molecule is C[C@H](O)[C@@H](NC(=O)[C@@H](Cc1ccccc1)NC(=O)[C@H](N)Cc1ccc2ccccc2c1)C(=O)O. The Labute approximate surface area is 197 Å². The highest BCUT2D eigenvalue weighted by Gasteiger charge is 2.30. The lowest BCUT2D eigenvalue weighted by Gasteiger charge is -2.24. The van der Waals surface area contributed by atoms with E-state index in [9.17, 15) is 24.6 Å². The van der Waals surface area contributed by atoms with Crippen LogP contribution in [0.15, 0.2) is 72.8 Å². The van der Waals surface area contributed by atoms with Crippen LogP contribution in [0, 0.1) is 0 Å². The number of benzene rings is 3. The van der Waals surface area contributed by atoms with Gasteiger partial charge in [-0.25, -0.2) is 4.79 Å². The van der Waals surface area contributed by atoms with Gasteiger partial charge in [0.05, 0.1) is 12.1 Å². The van der Waals surface area contributed by atoms with Gasteiger partial charge in [0.1, 0.15) is 6.04 Å². The Kier molecular flexibility index (Phi) is 8.34. The number of carbonyl (C=O) groups excluding carboxylic acids is 2. The van der Waals surface area contributed by atoms with E-state index >= 15 is 0 Å². The molecule has 0 aliphatic carbocycles. The Hall–Kier alpha value is -3.75. The Morgan fingerprint density at radius 1 is 0.824 bits per heavy atom. The van der Waals surface area contributed by atoms with Crippen molar-refractivity contribution in [2.45, 2.75) is 44.0 Å². The number of aliphatic hydroxyl groups is 1. The first-order chi connectivity index (χ1) is 16.2. The third-order valence-electron chi connectivity index (χ3n) is 5.57. The van der Waals surface area contributed by atoms with Crippen molar-refractivity contribution >= 4 is 28.6 Å². The zero-order valence-corrected chi connectivity index (χ0v) is 18.8. The zero-order valence-electron chi connectivity index (χ0n) is 18.8. The molecule has 0 bridgehead atoms. The summed E-state index contributed by atoms with van der Waals surface area (Å²) < 4.78 is 0. The molecule has 0 unspecified atom stereocenters. The lowest BCUT2D eigenvalue weighted by molar-refractivity contribution is -0.145. The Morgan fingerprint density at radius 2 is 1.47 bits per heavy atom. The van der Waals surface area contributed by atoms with Gasteiger partial charge in [0.2, 0.25) is 11.8 Å². The molecule has 0 radical (unpaired) electrons. The molecule has 4 atom stereocenters. The van der Waals surface area contributed by atoms with Gasteiger partial charge in [0, 0.05) is 6.42 Å². The molecule has 0 aliphatic heterocycles. The first-order valence-corrected chi connectivity index (χ1v) is 11.0. The average Bonchev–Trinajstić information content (AvgIpc) is 2.82. The van der Waals surface area contributed by atoms with E-state index < -0.39 is 42.0 Å². The van der Waals surface area contributed by atoms with Crippen molar-refractivity contribution < 1.29 is 24.6 Å². The van der Waals surface area contributed by atoms with Crippen molar-refractivity contribution in [2.24, 2.45) is 5.73 Å². The molecule has 8 nitrogen and oxygen atoms in total. The average molecular weight is 464 g/mol. The summed E-state index contributed by atoms with van der Waals surface area (Å²) in [5.74, 6) is -2.63. The number of carbonyl (C=O) groups is 3. The van der Waals surface area contributed by atoms with Crippen LogP contribution < -0.4 is 16.4 Å². The van der Waals surface area contributed by atoms with Crippen LogP contribution in [0.2, 0.25) is 0 Å². The van der Waals surface area contributed by atoms with E-state index in [2.05, 4.69) is 10.6 Å². The number of aliphatic hydroxyl groups excluding tert-OH is 1. The largest absolute Gasteiger partial charge is 0.480 e. The lowest BCUT2D eigenvalue weighted by atomic mass is 10.0. The molecule has 0 heterocycles. The Bertz CT molecular complexity index is 1150. The second kappa shape index (κ2) is 11.4. The molecule has 0 fully saturated rings. The van der Waals surface area contributed by atoms with Crippen LogP contribution in [0.3, 0.4) is 0 Å². The van der Waals surface area contributed by atoms with E-state index in [-0.39, 0.29) is 12.8 Å². The van der Waals surface area contributed by atoms with Crippen molar-refractivity contribution in [1.29, 1.82) is 0 Å². The number of rotatable bonds is 10. The van der Waals surface area contributed by atoms with Gasteiger partial charge in [-0.2, -0.15) is 0 Å². The van der Waals surface area contributed by atoms with Gasteiger partial charge >= 0.3 is 5.97 Å². The smallest absolute Gasteiger partial charge is 0.328 e. The molecule has 3 aromatic rings. The molecule has 2 amide bonds. The minimum absolute atomic E-state index is 0.132. The lowest BCUT2D eigenvalue weighted by Crippen LogP contribution is -2.57.